The summed E-state index contributed by atoms with van der Waals surface area (Å²) in [5.74, 6) is 2.92. The Hall–Kier alpha value is -3.52. The van der Waals surface area contributed by atoms with Gasteiger partial charge in [0.15, 0.2) is 11.5 Å². The van der Waals surface area contributed by atoms with E-state index in [1.807, 2.05) is 42.6 Å². The van der Waals surface area contributed by atoms with Gasteiger partial charge in [0.25, 0.3) is 0 Å². The van der Waals surface area contributed by atoms with Crippen molar-refractivity contribution in [2.45, 2.75) is 0 Å². The molecule has 0 atom stereocenters. The lowest BCUT2D eigenvalue weighted by molar-refractivity contribution is 0.324. The molecule has 30 heavy (non-hydrogen) atoms. The normalized spacial score (nSPS) is 10.7. The Morgan fingerprint density at radius 2 is 1.57 bits per heavy atom. The number of nitrogens with one attached hydrogen (secondary N) is 1. The number of ether oxygens (including phenoxy) is 4. The molecule has 0 saturated heterocycles. The predicted molar refractivity (Wildman–Crippen MR) is 119 cm³/mol. The molecule has 0 aliphatic rings. The van der Waals surface area contributed by atoms with Gasteiger partial charge in [0, 0.05) is 28.8 Å². The second kappa shape index (κ2) is 8.46. The molecule has 8 heteroatoms. The zero-order chi connectivity index (χ0) is 21.1. The minimum atomic E-state index is 0.477. The van der Waals surface area contributed by atoms with Crippen LogP contribution in [0.25, 0.3) is 21.3 Å². The molecule has 0 radical (unpaired) electrons. The Bertz CT molecular complexity index is 1150. The number of hydrogen-bond acceptors (Lipinski definition) is 8. The van der Waals surface area contributed by atoms with E-state index in [1.54, 1.807) is 39.8 Å². The number of nitrogens with zero attached hydrogens (tertiary/aromatic N) is 2. The van der Waals surface area contributed by atoms with Crippen molar-refractivity contribution in [3.8, 4) is 34.1 Å². The van der Waals surface area contributed by atoms with Crippen LogP contribution in [0.4, 0.5) is 11.6 Å². The van der Waals surface area contributed by atoms with Crippen molar-refractivity contribution in [1.82, 2.24) is 9.97 Å². The Kier molecular flexibility index (Phi) is 5.58. The van der Waals surface area contributed by atoms with E-state index in [-0.39, 0.29) is 0 Å². The van der Waals surface area contributed by atoms with Crippen molar-refractivity contribution in [3.63, 3.8) is 0 Å². The topological polar surface area (TPSA) is 74.7 Å². The van der Waals surface area contributed by atoms with Crippen LogP contribution in [0.15, 0.2) is 48.0 Å². The van der Waals surface area contributed by atoms with E-state index in [2.05, 4.69) is 15.7 Å². The van der Waals surface area contributed by atoms with Gasteiger partial charge < -0.3 is 24.3 Å². The summed E-state index contributed by atoms with van der Waals surface area (Å²) in [5, 5.41) is 5.32. The van der Waals surface area contributed by atoms with E-state index < -0.39 is 0 Å². The SMILES string of the molecule is COc1ccc(-c2csc3cnc(Nc4cc(OC)c(OC)c(OC)c4)nc23)cc1. The van der Waals surface area contributed by atoms with Crippen LogP contribution < -0.4 is 24.3 Å². The summed E-state index contributed by atoms with van der Waals surface area (Å²) in [6.45, 7) is 0. The van der Waals surface area contributed by atoms with E-state index in [9.17, 15) is 0 Å². The first-order valence-corrected chi connectivity index (χ1v) is 10.0. The van der Waals surface area contributed by atoms with E-state index in [1.165, 1.54) is 0 Å². The fraction of sp³-hybridized carbons (Fsp3) is 0.182. The molecule has 0 aliphatic carbocycles. The van der Waals surface area contributed by atoms with Gasteiger partial charge in [-0.3, -0.25) is 0 Å². The summed E-state index contributed by atoms with van der Waals surface area (Å²) in [5.41, 5.74) is 3.73. The third-order valence-corrected chi connectivity index (χ3v) is 5.54. The average molecular weight is 423 g/mol. The van der Waals surface area contributed by atoms with E-state index in [0.717, 1.165) is 32.8 Å². The van der Waals surface area contributed by atoms with Gasteiger partial charge in [-0.2, -0.15) is 0 Å². The first-order chi connectivity index (χ1) is 14.7. The number of thiophene rings is 1. The van der Waals surface area contributed by atoms with Crippen molar-refractivity contribution in [3.05, 3.63) is 48.0 Å². The summed E-state index contributed by atoms with van der Waals surface area (Å²) >= 11 is 1.61. The zero-order valence-electron chi connectivity index (χ0n) is 17.1. The minimum absolute atomic E-state index is 0.477. The lowest BCUT2D eigenvalue weighted by Gasteiger charge is -2.14. The highest BCUT2D eigenvalue weighted by atomic mass is 32.1. The molecular formula is C22H21N3O4S. The molecule has 154 valence electrons. The van der Waals surface area contributed by atoms with Crippen LogP contribution in [-0.2, 0) is 0 Å². The molecule has 4 aromatic rings. The van der Waals surface area contributed by atoms with Crippen LogP contribution >= 0.6 is 11.3 Å². The molecular weight excluding hydrogens is 402 g/mol. The van der Waals surface area contributed by atoms with Crippen LogP contribution in [-0.4, -0.2) is 38.4 Å². The Morgan fingerprint density at radius 1 is 0.867 bits per heavy atom. The smallest absolute Gasteiger partial charge is 0.227 e. The highest BCUT2D eigenvalue weighted by molar-refractivity contribution is 7.17. The fourth-order valence-corrected chi connectivity index (χ4v) is 4.02. The molecule has 2 aromatic carbocycles. The maximum Gasteiger partial charge on any atom is 0.227 e. The number of anilines is 2. The van der Waals surface area contributed by atoms with Crippen LogP contribution in [0.5, 0.6) is 23.0 Å². The van der Waals surface area contributed by atoms with Crippen LogP contribution in [0.2, 0.25) is 0 Å². The van der Waals surface area contributed by atoms with Gasteiger partial charge in [-0.15, -0.1) is 11.3 Å². The second-order valence-corrected chi connectivity index (χ2v) is 7.23. The third-order valence-electron chi connectivity index (χ3n) is 4.64. The monoisotopic (exact) mass is 423 g/mol. The standard InChI is InChI=1S/C22H21N3O4S/c1-26-15-7-5-13(6-8-15)16-12-30-19-11-23-22(25-20(16)19)24-14-9-17(27-2)21(29-4)18(10-14)28-3/h5-12H,1-4H3,(H,23,24,25). The van der Waals surface area contributed by atoms with Gasteiger partial charge in [0.05, 0.1) is 44.9 Å². The summed E-state index contributed by atoms with van der Waals surface area (Å²) in [7, 11) is 6.39. The van der Waals surface area contributed by atoms with Crippen molar-refractivity contribution >= 4 is 33.2 Å². The quantitative estimate of drug-likeness (QED) is 0.441. The molecule has 7 nitrogen and oxygen atoms in total. The second-order valence-electron chi connectivity index (χ2n) is 6.32. The summed E-state index contributed by atoms with van der Waals surface area (Å²) < 4.78 is 22.5. The predicted octanol–water partition coefficient (Wildman–Crippen LogP) is 5.14. The molecule has 4 rings (SSSR count). The first kappa shape index (κ1) is 19.8. The summed E-state index contributed by atoms with van der Waals surface area (Å²) in [6, 6.07) is 11.5. The van der Waals surface area contributed by atoms with Crippen LogP contribution in [0.3, 0.4) is 0 Å². The summed E-state index contributed by atoms with van der Waals surface area (Å²) in [6.07, 6.45) is 1.82. The van der Waals surface area contributed by atoms with Crippen molar-refractivity contribution in [2.75, 3.05) is 33.8 Å². The maximum absolute atomic E-state index is 5.42. The molecule has 2 aromatic heterocycles. The van der Waals surface area contributed by atoms with E-state index in [0.29, 0.717) is 23.2 Å². The number of methoxy groups -OCH3 is 4. The number of aromatic nitrogens is 2. The highest BCUT2D eigenvalue weighted by Crippen LogP contribution is 2.40. The first-order valence-electron chi connectivity index (χ1n) is 9.12. The van der Waals surface area contributed by atoms with E-state index in [4.69, 9.17) is 23.9 Å². The van der Waals surface area contributed by atoms with Gasteiger partial charge in [-0.05, 0) is 17.7 Å². The largest absolute Gasteiger partial charge is 0.497 e. The Labute approximate surface area is 178 Å². The number of rotatable bonds is 7. The van der Waals surface area contributed by atoms with Gasteiger partial charge in [-0.25, -0.2) is 9.97 Å². The summed E-state index contributed by atoms with van der Waals surface area (Å²) in [4.78, 5) is 9.19. The third kappa shape index (κ3) is 3.69. The average Bonchev–Trinajstić information content (AvgIpc) is 3.21. The lowest BCUT2D eigenvalue weighted by atomic mass is 10.1. The number of benzene rings is 2. The fourth-order valence-electron chi connectivity index (χ4n) is 3.15. The molecule has 0 aliphatic heterocycles. The number of fused-ring (bicyclic) bond motifs is 1. The Balaban J connectivity index is 1.70. The Morgan fingerprint density at radius 3 is 2.17 bits per heavy atom. The van der Waals surface area contributed by atoms with Crippen molar-refractivity contribution in [2.24, 2.45) is 0 Å². The maximum atomic E-state index is 5.42. The zero-order valence-corrected chi connectivity index (χ0v) is 17.9. The highest BCUT2D eigenvalue weighted by Gasteiger charge is 2.15. The molecule has 0 amide bonds. The van der Waals surface area contributed by atoms with Crippen molar-refractivity contribution < 1.29 is 18.9 Å². The molecule has 0 spiro atoms. The van der Waals surface area contributed by atoms with E-state index >= 15 is 0 Å². The lowest BCUT2D eigenvalue weighted by Crippen LogP contribution is -2.00. The molecule has 2 heterocycles. The van der Waals surface area contributed by atoms with Crippen LogP contribution in [0, 0.1) is 0 Å². The van der Waals surface area contributed by atoms with Gasteiger partial charge in [0.1, 0.15) is 5.75 Å². The minimum Gasteiger partial charge on any atom is -0.497 e. The van der Waals surface area contributed by atoms with Crippen LogP contribution in [0.1, 0.15) is 0 Å². The number of hydrogen-bond donors (Lipinski definition) is 1. The molecule has 0 fully saturated rings. The molecule has 0 saturated carbocycles. The molecule has 0 unspecified atom stereocenters. The van der Waals surface area contributed by atoms with Gasteiger partial charge >= 0.3 is 0 Å². The van der Waals surface area contributed by atoms with Gasteiger partial charge in [0.2, 0.25) is 11.7 Å². The van der Waals surface area contributed by atoms with Gasteiger partial charge in [-0.1, -0.05) is 12.1 Å². The molecule has 0 bridgehead atoms. The molecule has 1 N–H and O–H groups in total. The van der Waals surface area contributed by atoms with Crippen molar-refractivity contribution in [1.29, 1.82) is 0 Å².